The van der Waals surface area contributed by atoms with Gasteiger partial charge in [0.15, 0.2) is 15.8 Å². The van der Waals surface area contributed by atoms with Crippen LogP contribution in [-0.2, 0) is 9.84 Å². The first-order valence-electron chi connectivity index (χ1n) is 10.6. The number of guanidine groups is 1. The summed E-state index contributed by atoms with van der Waals surface area (Å²) in [5.74, 6) is 1.76. The van der Waals surface area contributed by atoms with Crippen molar-refractivity contribution in [2.75, 3.05) is 31.1 Å². The van der Waals surface area contributed by atoms with Gasteiger partial charge in [0.2, 0.25) is 0 Å². The minimum Gasteiger partial charge on any atom is -0.354 e. The summed E-state index contributed by atoms with van der Waals surface area (Å²) in [7, 11) is -2.81. The number of hydrogen-bond acceptors (Lipinski definition) is 4. The predicted octanol–water partition coefficient (Wildman–Crippen LogP) is 1.53. The molecule has 6 nitrogen and oxygen atoms in total. The standard InChI is InChI=1S/C19H34N4O2S/c24-26(25)12-9-15(14-26)13-20-19(21-16-5-6-16)22-17-7-10-23(11-8-17)18-3-1-2-4-18/h15-18H,1-14H2,(H2,20,21,22). The Labute approximate surface area is 158 Å². The molecule has 26 heavy (non-hydrogen) atoms. The molecule has 1 atom stereocenters. The number of nitrogens with zero attached hydrogens (tertiary/aromatic N) is 2. The van der Waals surface area contributed by atoms with Crippen LogP contribution in [0.3, 0.4) is 0 Å². The van der Waals surface area contributed by atoms with E-state index in [9.17, 15) is 8.42 Å². The quantitative estimate of drug-likeness (QED) is 0.557. The minimum absolute atomic E-state index is 0.196. The number of aliphatic imine (C=N–C) groups is 1. The van der Waals surface area contributed by atoms with Gasteiger partial charge in [-0.1, -0.05) is 12.8 Å². The molecule has 2 aliphatic heterocycles. The molecular formula is C19H34N4O2S. The van der Waals surface area contributed by atoms with Crippen LogP contribution in [0.1, 0.15) is 57.8 Å². The van der Waals surface area contributed by atoms with Crippen molar-refractivity contribution in [2.45, 2.75) is 75.9 Å². The Kier molecular flexibility index (Phi) is 5.74. The number of nitrogens with one attached hydrogen (secondary N) is 2. The van der Waals surface area contributed by atoms with Crippen LogP contribution in [-0.4, -0.2) is 68.5 Å². The van der Waals surface area contributed by atoms with E-state index in [0.29, 0.717) is 30.1 Å². The molecule has 2 heterocycles. The average Bonchev–Trinajstić information content (AvgIpc) is 3.13. The Morgan fingerprint density at radius 3 is 2.15 bits per heavy atom. The van der Waals surface area contributed by atoms with Gasteiger partial charge in [0.05, 0.1) is 11.5 Å². The minimum atomic E-state index is -2.81. The van der Waals surface area contributed by atoms with Crippen LogP contribution in [0.5, 0.6) is 0 Å². The van der Waals surface area contributed by atoms with Crippen molar-refractivity contribution in [2.24, 2.45) is 10.9 Å². The molecule has 4 fully saturated rings. The lowest BCUT2D eigenvalue weighted by molar-refractivity contribution is 0.150. The number of hydrogen-bond donors (Lipinski definition) is 2. The summed E-state index contributed by atoms with van der Waals surface area (Å²) >= 11 is 0. The summed E-state index contributed by atoms with van der Waals surface area (Å²) in [5, 5.41) is 7.17. The molecule has 0 amide bonds. The van der Waals surface area contributed by atoms with Gasteiger partial charge in [-0.25, -0.2) is 8.42 Å². The van der Waals surface area contributed by atoms with Gasteiger partial charge < -0.3 is 15.5 Å². The Hall–Kier alpha value is -0.820. The fourth-order valence-electron chi connectivity index (χ4n) is 4.66. The van der Waals surface area contributed by atoms with Gasteiger partial charge in [-0.15, -0.1) is 0 Å². The Bertz CT molecular complexity index is 603. The van der Waals surface area contributed by atoms with E-state index in [1.807, 2.05) is 0 Å². The number of sulfone groups is 1. The summed E-state index contributed by atoms with van der Waals surface area (Å²) in [6.45, 7) is 3.02. The molecule has 0 aromatic rings. The maximum Gasteiger partial charge on any atom is 0.191 e. The summed E-state index contributed by atoms with van der Waals surface area (Å²) < 4.78 is 23.3. The van der Waals surface area contributed by atoms with Gasteiger partial charge in [0.1, 0.15) is 0 Å². The lowest BCUT2D eigenvalue weighted by Gasteiger charge is -2.36. The topological polar surface area (TPSA) is 73.8 Å². The van der Waals surface area contributed by atoms with E-state index in [1.165, 1.54) is 64.5 Å². The molecule has 0 aromatic carbocycles. The van der Waals surface area contributed by atoms with Crippen molar-refractivity contribution in [3.8, 4) is 0 Å². The molecule has 4 aliphatic rings. The highest BCUT2D eigenvalue weighted by Gasteiger charge is 2.30. The van der Waals surface area contributed by atoms with Crippen LogP contribution in [0.4, 0.5) is 0 Å². The van der Waals surface area contributed by atoms with Gasteiger partial charge in [-0.05, 0) is 50.9 Å². The lowest BCUT2D eigenvalue weighted by atomic mass is 10.0. The maximum absolute atomic E-state index is 11.6. The summed E-state index contributed by atoms with van der Waals surface area (Å²) in [4.78, 5) is 7.45. The number of likely N-dealkylation sites (tertiary alicyclic amines) is 1. The highest BCUT2D eigenvalue weighted by molar-refractivity contribution is 7.91. The average molecular weight is 383 g/mol. The lowest BCUT2D eigenvalue weighted by Crippen LogP contribution is -2.50. The monoisotopic (exact) mass is 382 g/mol. The second kappa shape index (κ2) is 8.05. The van der Waals surface area contributed by atoms with Gasteiger partial charge in [-0.2, -0.15) is 0 Å². The van der Waals surface area contributed by atoms with Crippen molar-refractivity contribution in [1.82, 2.24) is 15.5 Å². The van der Waals surface area contributed by atoms with Crippen LogP contribution < -0.4 is 10.6 Å². The molecule has 2 N–H and O–H groups in total. The third-order valence-corrected chi connectivity index (χ3v) is 8.30. The molecule has 0 aromatic heterocycles. The molecule has 0 radical (unpaired) electrons. The van der Waals surface area contributed by atoms with Crippen molar-refractivity contribution in [1.29, 1.82) is 0 Å². The van der Waals surface area contributed by atoms with Gasteiger partial charge in [0.25, 0.3) is 0 Å². The van der Waals surface area contributed by atoms with E-state index in [4.69, 9.17) is 4.99 Å². The summed E-state index contributed by atoms with van der Waals surface area (Å²) in [6, 6.07) is 1.88. The van der Waals surface area contributed by atoms with Crippen LogP contribution in [0.2, 0.25) is 0 Å². The SMILES string of the molecule is O=S1(=O)CCC(CN=C(NC2CC2)NC2CCN(C3CCCC3)CC2)C1. The summed E-state index contributed by atoms with van der Waals surface area (Å²) in [5.41, 5.74) is 0. The molecule has 7 heteroatoms. The fourth-order valence-corrected chi connectivity index (χ4v) is 6.51. The van der Waals surface area contributed by atoms with E-state index in [-0.39, 0.29) is 5.92 Å². The fraction of sp³-hybridized carbons (Fsp3) is 0.947. The van der Waals surface area contributed by atoms with Crippen LogP contribution in [0.25, 0.3) is 0 Å². The number of rotatable bonds is 5. The third kappa shape index (κ3) is 5.12. The zero-order valence-electron chi connectivity index (χ0n) is 15.8. The third-order valence-electron chi connectivity index (χ3n) is 6.46. The smallest absolute Gasteiger partial charge is 0.191 e. The molecule has 1 unspecified atom stereocenters. The zero-order valence-corrected chi connectivity index (χ0v) is 16.6. The molecular weight excluding hydrogens is 348 g/mol. The maximum atomic E-state index is 11.6. The van der Waals surface area contributed by atoms with Gasteiger partial charge in [-0.3, -0.25) is 4.99 Å². The summed E-state index contributed by atoms with van der Waals surface area (Å²) in [6.07, 6.45) is 11.2. The largest absolute Gasteiger partial charge is 0.354 e. The van der Waals surface area contributed by atoms with E-state index in [0.717, 1.165) is 18.4 Å². The number of piperidine rings is 1. The van der Waals surface area contributed by atoms with Crippen molar-refractivity contribution < 1.29 is 8.42 Å². The van der Waals surface area contributed by atoms with E-state index >= 15 is 0 Å². The van der Waals surface area contributed by atoms with Crippen molar-refractivity contribution in [3.63, 3.8) is 0 Å². The molecule has 148 valence electrons. The van der Waals surface area contributed by atoms with Gasteiger partial charge in [0, 0.05) is 37.8 Å². The van der Waals surface area contributed by atoms with Crippen LogP contribution in [0.15, 0.2) is 4.99 Å². The van der Waals surface area contributed by atoms with E-state index < -0.39 is 9.84 Å². The molecule has 2 aliphatic carbocycles. The Morgan fingerprint density at radius 2 is 1.58 bits per heavy atom. The molecule has 0 spiro atoms. The second-order valence-electron chi connectivity index (χ2n) is 8.77. The Balaban J connectivity index is 1.27. The first kappa shape index (κ1) is 18.5. The molecule has 0 bridgehead atoms. The predicted molar refractivity (Wildman–Crippen MR) is 105 cm³/mol. The highest BCUT2D eigenvalue weighted by Crippen LogP contribution is 2.26. The zero-order chi connectivity index (χ0) is 18.0. The molecule has 2 saturated carbocycles. The first-order valence-corrected chi connectivity index (χ1v) is 12.4. The van der Waals surface area contributed by atoms with Crippen molar-refractivity contribution >= 4 is 15.8 Å². The van der Waals surface area contributed by atoms with E-state index in [1.54, 1.807) is 0 Å². The van der Waals surface area contributed by atoms with Crippen molar-refractivity contribution in [3.05, 3.63) is 0 Å². The first-order chi connectivity index (χ1) is 12.6. The van der Waals surface area contributed by atoms with Crippen LogP contribution >= 0.6 is 0 Å². The highest BCUT2D eigenvalue weighted by atomic mass is 32.2. The Morgan fingerprint density at radius 1 is 0.923 bits per heavy atom. The van der Waals surface area contributed by atoms with Crippen LogP contribution in [0, 0.1) is 5.92 Å². The van der Waals surface area contributed by atoms with Gasteiger partial charge >= 0.3 is 0 Å². The normalized spacial score (nSPS) is 31.4. The molecule has 4 rings (SSSR count). The molecule has 2 saturated heterocycles. The van der Waals surface area contributed by atoms with E-state index in [2.05, 4.69) is 15.5 Å². The second-order valence-corrected chi connectivity index (χ2v) is 11.0.